The number of hydrogen-bond acceptors (Lipinski definition) is 11. The first-order chi connectivity index (χ1) is 13.3. The smallest absolute Gasteiger partial charge is 0.175 e. The highest BCUT2D eigenvalue weighted by Crippen LogP contribution is 2.31. The van der Waals surface area contributed by atoms with Gasteiger partial charge in [0.15, 0.2) is 20.3 Å². The third-order valence-electron chi connectivity index (χ3n) is 3.70. The molecule has 27 heavy (non-hydrogen) atoms. The second-order valence-corrected chi connectivity index (χ2v) is 9.18. The number of nitrogens with zero attached hydrogens (tertiary/aromatic N) is 10. The van der Waals surface area contributed by atoms with Gasteiger partial charge < -0.3 is 0 Å². The fourth-order valence-electron chi connectivity index (χ4n) is 2.18. The summed E-state index contributed by atoms with van der Waals surface area (Å²) in [6.07, 6.45) is 4.37. The molecule has 0 spiro atoms. The molecule has 0 aromatic carbocycles. The minimum atomic E-state index is 0.686. The minimum absolute atomic E-state index is 0.686. The van der Waals surface area contributed by atoms with Crippen molar-refractivity contribution in [1.29, 1.82) is 0 Å². The van der Waals surface area contributed by atoms with Crippen molar-refractivity contribution in [2.24, 2.45) is 0 Å². The molecular weight excluding hydrogens is 404 g/mol. The van der Waals surface area contributed by atoms with Gasteiger partial charge in [0.25, 0.3) is 0 Å². The second-order valence-electron chi connectivity index (χ2n) is 5.75. The van der Waals surface area contributed by atoms with Crippen LogP contribution in [0.1, 0.15) is 51.2 Å². The van der Waals surface area contributed by atoms with Gasteiger partial charge in [-0.05, 0) is 33.7 Å². The molecule has 0 fully saturated rings. The number of thioether (sulfide) groups is 2. The molecule has 0 N–H and O–H groups in total. The van der Waals surface area contributed by atoms with E-state index in [1.165, 1.54) is 0 Å². The fourth-order valence-corrected chi connectivity index (χ4v) is 5.07. The maximum Gasteiger partial charge on any atom is 0.175 e. The van der Waals surface area contributed by atoms with Gasteiger partial charge in [0.05, 0.1) is 11.5 Å². The van der Waals surface area contributed by atoms with Crippen LogP contribution < -0.4 is 0 Å². The van der Waals surface area contributed by atoms with E-state index in [2.05, 4.69) is 55.1 Å². The number of unbranched alkanes of at least 4 members (excludes halogenated alkanes) is 2. The maximum absolute atomic E-state index is 4.25. The predicted molar refractivity (Wildman–Crippen MR) is 104 cm³/mol. The quantitative estimate of drug-likeness (QED) is 0.400. The number of tetrazole rings is 2. The highest BCUT2D eigenvalue weighted by molar-refractivity contribution is 8.02. The Labute approximate surface area is 169 Å². The Morgan fingerprint density at radius 3 is 1.67 bits per heavy atom. The largest absolute Gasteiger partial charge is 0.229 e. The van der Waals surface area contributed by atoms with Crippen molar-refractivity contribution in [2.75, 3.05) is 0 Å². The lowest BCUT2D eigenvalue weighted by Crippen LogP contribution is -2.04. The summed E-state index contributed by atoms with van der Waals surface area (Å²) in [5.74, 6) is 3.11. The molecule has 146 valence electrons. The van der Waals surface area contributed by atoms with Crippen molar-refractivity contribution >= 4 is 34.9 Å². The van der Waals surface area contributed by atoms with Crippen molar-refractivity contribution in [3.05, 3.63) is 11.6 Å². The zero-order valence-corrected chi connectivity index (χ0v) is 17.8. The molecule has 0 aliphatic rings. The third-order valence-corrected chi connectivity index (χ3v) is 6.88. The average Bonchev–Trinajstić information content (AvgIpc) is 3.42. The van der Waals surface area contributed by atoms with Crippen molar-refractivity contribution in [1.82, 2.24) is 50.6 Å². The SMILES string of the molecule is CCCCn1nnnc1CSc1nnc(SCc2nnnn2CCCC)s1. The van der Waals surface area contributed by atoms with Gasteiger partial charge in [0.2, 0.25) is 0 Å². The Morgan fingerprint density at radius 1 is 0.741 bits per heavy atom. The molecular formula is C14H22N10S3. The van der Waals surface area contributed by atoms with Crippen molar-refractivity contribution in [3.63, 3.8) is 0 Å². The van der Waals surface area contributed by atoms with Crippen molar-refractivity contribution in [2.45, 2.75) is 72.8 Å². The number of hydrogen-bond donors (Lipinski definition) is 0. The Hall–Kier alpha value is -1.60. The van der Waals surface area contributed by atoms with Gasteiger partial charge >= 0.3 is 0 Å². The van der Waals surface area contributed by atoms with Crippen LogP contribution in [0.25, 0.3) is 0 Å². The molecule has 0 amide bonds. The van der Waals surface area contributed by atoms with E-state index < -0.39 is 0 Å². The molecule has 13 heteroatoms. The van der Waals surface area contributed by atoms with E-state index in [0.29, 0.717) is 11.5 Å². The van der Waals surface area contributed by atoms with Gasteiger partial charge in [0, 0.05) is 13.1 Å². The van der Waals surface area contributed by atoms with Crippen LogP contribution in [-0.2, 0) is 24.6 Å². The molecule has 3 heterocycles. The zero-order chi connectivity index (χ0) is 18.9. The van der Waals surface area contributed by atoms with Gasteiger partial charge in [0.1, 0.15) is 0 Å². The summed E-state index contributed by atoms with van der Waals surface area (Å²) in [6.45, 7) is 6.01. The topological polar surface area (TPSA) is 113 Å². The Morgan fingerprint density at radius 2 is 1.22 bits per heavy atom. The molecule has 3 aromatic rings. The van der Waals surface area contributed by atoms with E-state index in [1.807, 2.05) is 9.36 Å². The lowest BCUT2D eigenvalue weighted by atomic mass is 10.3. The molecule has 0 aliphatic heterocycles. The minimum Gasteiger partial charge on any atom is -0.229 e. The van der Waals surface area contributed by atoms with Crippen LogP contribution >= 0.6 is 34.9 Å². The molecule has 0 saturated carbocycles. The maximum atomic E-state index is 4.25. The number of aromatic nitrogens is 10. The Bertz CT molecular complexity index is 749. The summed E-state index contributed by atoms with van der Waals surface area (Å²) >= 11 is 4.79. The van der Waals surface area contributed by atoms with Crippen LogP contribution in [0.5, 0.6) is 0 Å². The van der Waals surface area contributed by atoms with Crippen LogP contribution in [0, 0.1) is 0 Å². The molecule has 3 aromatic heterocycles. The van der Waals surface area contributed by atoms with E-state index in [0.717, 1.165) is 59.1 Å². The van der Waals surface area contributed by atoms with Crippen LogP contribution in [-0.4, -0.2) is 50.6 Å². The first-order valence-electron chi connectivity index (χ1n) is 8.89. The number of rotatable bonds is 12. The van der Waals surface area contributed by atoms with Crippen molar-refractivity contribution < 1.29 is 0 Å². The number of aryl methyl sites for hydroxylation is 2. The van der Waals surface area contributed by atoms with E-state index in [4.69, 9.17) is 0 Å². The summed E-state index contributed by atoms with van der Waals surface area (Å²) < 4.78 is 5.55. The van der Waals surface area contributed by atoms with E-state index in [9.17, 15) is 0 Å². The zero-order valence-electron chi connectivity index (χ0n) is 15.4. The molecule has 0 aliphatic carbocycles. The molecule has 3 rings (SSSR count). The van der Waals surface area contributed by atoms with Crippen LogP contribution in [0.4, 0.5) is 0 Å². The Kier molecular flexibility index (Phi) is 7.95. The van der Waals surface area contributed by atoms with E-state index in [-0.39, 0.29) is 0 Å². The van der Waals surface area contributed by atoms with E-state index in [1.54, 1.807) is 34.9 Å². The van der Waals surface area contributed by atoms with Gasteiger partial charge in [-0.1, -0.05) is 61.5 Å². The molecule has 0 radical (unpaired) electrons. The first kappa shape index (κ1) is 20.1. The standard InChI is InChI=1S/C14H22N10S3/c1-3-5-7-23-11(15-19-21-23)9-25-13-17-18-14(27-13)26-10-12-16-20-22-24(12)8-6-4-2/h3-10H2,1-2H3. The summed E-state index contributed by atoms with van der Waals surface area (Å²) in [5, 5.41) is 32.3. The summed E-state index contributed by atoms with van der Waals surface area (Å²) in [6, 6.07) is 0. The highest BCUT2D eigenvalue weighted by atomic mass is 32.2. The van der Waals surface area contributed by atoms with Crippen molar-refractivity contribution in [3.8, 4) is 0 Å². The summed E-state index contributed by atoms with van der Waals surface area (Å²) in [5.41, 5.74) is 0. The van der Waals surface area contributed by atoms with E-state index >= 15 is 0 Å². The van der Waals surface area contributed by atoms with Gasteiger partial charge in [-0.2, -0.15) is 0 Å². The molecule has 0 saturated heterocycles. The molecule has 0 bridgehead atoms. The lowest BCUT2D eigenvalue weighted by molar-refractivity contribution is 0.540. The predicted octanol–water partition coefficient (Wildman–Crippen LogP) is 2.70. The summed E-state index contributed by atoms with van der Waals surface area (Å²) in [7, 11) is 0. The molecule has 0 unspecified atom stereocenters. The molecule has 0 atom stereocenters. The monoisotopic (exact) mass is 426 g/mol. The summed E-state index contributed by atoms with van der Waals surface area (Å²) in [4.78, 5) is 0. The van der Waals surface area contributed by atoms with Crippen LogP contribution in [0.2, 0.25) is 0 Å². The van der Waals surface area contributed by atoms with Crippen LogP contribution in [0.15, 0.2) is 8.68 Å². The highest BCUT2D eigenvalue weighted by Gasteiger charge is 2.12. The normalized spacial score (nSPS) is 11.3. The lowest BCUT2D eigenvalue weighted by Gasteiger charge is -2.02. The van der Waals surface area contributed by atoms with Gasteiger partial charge in [-0.3, -0.25) is 0 Å². The van der Waals surface area contributed by atoms with Gasteiger partial charge in [-0.25, -0.2) is 9.36 Å². The third kappa shape index (κ3) is 5.94. The molecule has 10 nitrogen and oxygen atoms in total. The fraction of sp³-hybridized carbons (Fsp3) is 0.714. The average molecular weight is 427 g/mol. The van der Waals surface area contributed by atoms with Gasteiger partial charge in [-0.15, -0.1) is 20.4 Å². The Balaban J connectivity index is 1.49. The van der Waals surface area contributed by atoms with Crippen LogP contribution in [0.3, 0.4) is 0 Å². The second kappa shape index (κ2) is 10.7. The first-order valence-corrected chi connectivity index (χ1v) is 11.7.